The molecule has 1 aliphatic carbocycles. The topological polar surface area (TPSA) is 17.1 Å². The van der Waals surface area contributed by atoms with E-state index in [4.69, 9.17) is 0 Å². The monoisotopic (exact) mass is 202 g/mol. The maximum atomic E-state index is 11.1. The zero-order valence-corrected chi connectivity index (χ0v) is 9.33. The molecular weight excluding hydrogens is 184 g/mol. The summed E-state index contributed by atoms with van der Waals surface area (Å²) in [6.07, 6.45) is 4.87. The van der Waals surface area contributed by atoms with Crippen molar-refractivity contribution in [1.82, 2.24) is 0 Å². The summed E-state index contributed by atoms with van der Waals surface area (Å²) < 4.78 is 0. The Kier molecular flexibility index (Phi) is 3.20. The van der Waals surface area contributed by atoms with Crippen LogP contribution in [0.1, 0.15) is 37.3 Å². The molecule has 0 amide bonds. The molecule has 0 aromatic heterocycles. The Hall–Kier alpha value is -1.11. The molecule has 2 rings (SSSR count). The minimum absolute atomic E-state index is 0.449. The lowest BCUT2D eigenvalue weighted by molar-refractivity contribution is -0.117. The highest BCUT2D eigenvalue weighted by atomic mass is 16.1. The molecule has 0 heterocycles. The van der Waals surface area contributed by atoms with Gasteiger partial charge >= 0.3 is 0 Å². The average Bonchev–Trinajstić information content (AvgIpc) is 2.65. The van der Waals surface area contributed by atoms with E-state index >= 15 is 0 Å². The normalized spacial score (nSPS) is 20.9. The minimum atomic E-state index is 0.449. The highest BCUT2D eigenvalue weighted by molar-refractivity contribution is 5.80. The van der Waals surface area contributed by atoms with Crippen molar-refractivity contribution in [2.45, 2.75) is 39.0 Å². The number of hydrogen-bond donors (Lipinski definition) is 0. The van der Waals surface area contributed by atoms with Gasteiger partial charge in [-0.1, -0.05) is 31.2 Å². The largest absolute Gasteiger partial charge is 0.300 e. The van der Waals surface area contributed by atoms with Crippen molar-refractivity contribution in [2.75, 3.05) is 0 Å². The van der Waals surface area contributed by atoms with E-state index in [0.29, 0.717) is 11.7 Å². The van der Waals surface area contributed by atoms with Crippen LogP contribution >= 0.6 is 0 Å². The first-order valence-electron chi connectivity index (χ1n) is 5.87. The fourth-order valence-corrected chi connectivity index (χ4v) is 2.31. The third-order valence-electron chi connectivity index (χ3n) is 3.30. The number of carbonyl (C=O) groups is 1. The van der Waals surface area contributed by atoms with Crippen molar-refractivity contribution in [3.63, 3.8) is 0 Å². The summed E-state index contributed by atoms with van der Waals surface area (Å²) in [5, 5.41) is 0. The van der Waals surface area contributed by atoms with Gasteiger partial charge in [-0.2, -0.15) is 0 Å². The van der Waals surface area contributed by atoms with Crippen molar-refractivity contribution in [2.24, 2.45) is 5.92 Å². The number of hydrogen-bond acceptors (Lipinski definition) is 1. The molecule has 0 spiro atoms. The van der Waals surface area contributed by atoms with E-state index < -0.39 is 0 Å². The predicted octanol–water partition coefficient (Wildman–Crippen LogP) is 3.16. The van der Waals surface area contributed by atoms with Gasteiger partial charge in [-0.25, -0.2) is 0 Å². The fourth-order valence-electron chi connectivity index (χ4n) is 2.31. The van der Waals surface area contributed by atoms with Crippen LogP contribution < -0.4 is 0 Å². The molecule has 0 N–H and O–H groups in total. The van der Waals surface area contributed by atoms with E-state index in [-0.39, 0.29) is 0 Å². The molecule has 0 aliphatic heterocycles. The van der Waals surface area contributed by atoms with Gasteiger partial charge in [0.25, 0.3) is 0 Å². The zero-order chi connectivity index (χ0) is 10.7. The van der Waals surface area contributed by atoms with Crippen LogP contribution in [0, 0.1) is 5.92 Å². The molecule has 1 saturated carbocycles. The first-order valence-corrected chi connectivity index (χ1v) is 5.87. The molecule has 1 fully saturated rings. The number of Topliss-reactive ketones (excluding diaryl/α,β-unsaturated/α-hetero) is 1. The van der Waals surface area contributed by atoms with E-state index in [1.807, 2.05) is 0 Å². The molecule has 15 heavy (non-hydrogen) atoms. The smallest absolute Gasteiger partial charge is 0.133 e. The van der Waals surface area contributed by atoms with Crippen LogP contribution in [0.25, 0.3) is 0 Å². The van der Waals surface area contributed by atoms with Crippen molar-refractivity contribution in [3.8, 4) is 0 Å². The Bertz CT molecular complexity index is 337. The molecule has 0 saturated heterocycles. The Morgan fingerprint density at radius 3 is 2.40 bits per heavy atom. The van der Waals surface area contributed by atoms with Crippen LogP contribution in [0.5, 0.6) is 0 Å². The average molecular weight is 202 g/mol. The number of benzene rings is 1. The van der Waals surface area contributed by atoms with Crippen LogP contribution in [0.3, 0.4) is 0 Å². The van der Waals surface area contributed by atoms with Gasteiger partial charge in [0.15, 0.2) is 0 Å². The van der Waals surface area contributed by atoms with Gasteiger partial charge in [-0.3, -0.25) is 4.79 Å². The number of ketones is 1. The molecule has 1 unspecified atom stereocenters. The second-order valence-corrected chi connectivity index (χ2v) is 4.52. The summed E-state index contributed by atoms with van der Waals surface area (Å²) in [4.78, 5) is 11.1. The molecule has 1 atom stereocenters. The first-order chi connectivity index (χ1) is 7.28. The van der Waals surface area contributed by atoms with Crippen molar-refractivity contribution in [3.05, 3.63) is 35.4 Å². The van der Waals surface area contributed by atoms with Crippen molar-refractivity contribution in [1.29, 1.82) is 0 Å². The summed E-state index contributed by atoms with van der Waals surface area (Å²) >= 11 is 0. The van der Waals surface area contributed by atoms with E-state index in [9.17, 15) is 4.79 Å². The van der Waals surface area contributed by atoms with Crippen LogP contribution in [0.15, 0.2) is 24.3 Å². The third-order valence-corrected chi connectivity index (χ3v) is 3.30. The van der Waals surface area contributed by atoms with Crippen molar-refractivity contribution >= 4 is 5.78 Å². The highest BCUT2D eigenvalue weighted by Crippen LogP contribution is 2.25. The molecule has 1 aromatic rings. The molecule has 1 nitrogen and oxygen atoms in total. The van der Waals surface area contributed by atoms with E-state index in [2.05, 4.69) is 31.2 Å². The molecule has 1 aromatic carbocycles. The van der Waals surface area contributed by atoms with E-state index in [0.717, 1.165) is 32.1 Å². The number of carbonyl (C=O) groups excluding carboxylic acids is 1. The molecule has 0 radical (unpaired) electrons. The SMILES string of the molecule is CCc1ccc(CC2CCC(=O)C2)cc1. The summed E-state index contributed by atoms with van der Waals surface area (Å²) in [5.41, 5.74) is 2.77. The molecule has 1 heteroatoms. The van der Waals surface area contributed by atoms with Gasteiger partial charge in [0.05, 0.1) is 0 Å². The minimum Gasteiger partial charge on any atom is -0.300 e. The van der Waals surface area contributed by atoms with Gasteiger partial charge in [-0.15, -0.1) is 0 Å². The predicted molar refractivity (Wildman–Crippen MR) is 61.9 cm³/mol. The molecular formula is C14H18O. The first kappa shape index (κ1) is 10.4. The van der Waals surface area contributed by atoms with Crippen LogP contribution in [-0.2, 0) is 17.6 Å². The quantitative estimate of drug-likeness (QED) is 0.735. The van der Waals surface area contributed by atoms with Crippen LogP contribution in [0.4, 0.5) is 0 Å². The second-order valence-electron chi connectivity index (χ2n) is 4.52. The summed E-state index contributed by atoms with van der Waals surface area (Å²) in [6, 6.07) is 8.82. The number of aryl methyl sites for hydroxylation is 1. The third kappa shape index (κ3) is 2.68. The molecule has 80 valence electrons. The second kappa shape index (κ2) is 4.61. The lowest BCUT2D eigenvalue weighted by Gasteiger charge is -2.08. The van der Waals surface area contributed by atoms with Gasteiger partial charge in [0, 0.05) is 12.8 Å². The van der Waals surface area contributed by atoms with Gasteiger partial charge in [-0.05, 0) is 36.3 Å². The maximum Gasteiger partial charge on any atom is 0.133 e. The molecule has 1 aliphatic rings. The maximum absolute atomic E-state index is 11.1. The Labute approximate surface area is 91.5 Å². The lowest BCUT2D eigenvalue weighted by atomic mass is 9.97. The Morgan fingerprint density at radius 2 is 1.87 bits per heavy atom. The summed E-state index contributed by atoms with van der Waals surface area (Å²) in [6.45, 7) is 2.17. The summed E-state index contributed by atoms with van der Waals surface area (Å²) in [7, 11) is 0. The van der Waals surface area contributed by atoms with Gasteiger partial charge in [0.1, 0.15) is 5.78 Å². The van der Waals surface area contributed by atoms with Crippen LogP contribution in [-0.4, -0.2) is 5.78 Å². The Balaban J connectivity index is 1.96. The fraction of sp³-hybridized carbons (Fsp3) is 0.500. The van der Waals surface area contributed by atoms with Gasteiger partial charge < -0.3 is 0 Å². The standard InChI is InChI=1S/C14H18O/c1-2-11-3-5-12(6-4-11)9-13-7-8-14(15)10-13/h3-6,13H,2,7-10H2,1H3. The van der Waals surface area contributed by atoms with Crippen LogP contribution in [0.2, 0.25) is 0 Å². The van der Waals surface area contributed by atoms with E-state index in [1.54, 1.807) is 0 Å². The lowest BCUT2D eigenvalue weighted by Crippen LogP contribution is -2.00. The number of rotatable bonds is 3. The molecule has 0 bridgehead atoms. The van der Waals surface area contributed by atoms with E-state index in [1.165, 1.54) is 11.1 Å². The zero-order valence-electron chi connectivity index (χ0n) is 9.33. The van der Waals surface area contributed by atoms with Crippen molar-refractivity contribution < 1.29 is 4.79 Å². The Morgan fingerprint density at radius 1 is 1.20 bits per heavy atom. The van der Waals surface area contributed by atoms with Gasteiger partial charge in [0.2, 0.25) is 0 Å². The summed E-state index contributed by atoms with van der Waals surface area (Å²) in [5.74, 6) is 1.05. The highest BCUT2D eigenvalue weighted by Gasteiger charge is 2.21.